The molecule has 0 radical (unpaired) electrons. The van der Waals surface area contributed by atoms with E-state index >= 15 is 0 Å². The third kappa shape index (κ3) is 2.62. The van der Waals surface area contributed by atoms with Crippen LogP contribution in [0.3, 0.4) is 0 Å². The summed E-state index contributed by atoms with van der Waals surface area (Å²) in [4.78, 5) is 7.84. The Morgan fingerprint density at radius 3 is 2.69 bits per heavy atom. The van der Waals surface area contributed by atoms with Crippen molar-refractivity contribution in [3.63, 3.8) is 0 Å². The van der Waals surface area contributed by atoms with Crippen LogP contribution in [0.2, 0.25) is 0 Å². The Hall–Kier alpha value is -1.23. The Morgan fingerprint density at radius 1 is 1.46 bits per heavy atom. The van der Waals surface area contributed by atoms with Gasteiger partial charge in [0, 0.05) is 25.4 Å². The van der Waals surface area contributed by atoms with Gasteiger partial charge in [-0.2, -0.15) is 0 Å². The summed E-state index contributed by atoms with van der Waals surface area (Å²) in [6.45, 7) is 1.41. The molecule has 0 saturated carbocycles. The Balaban J connectivity index is 0.000000845. The highest BCUT2D eigenvalue weighted by Crippen LogP contribution is 2.11. The van der Waals surface area contributed by atoms with E-state index in [1.54, 1.807) is 18.5 Å². The van der Waals surface area contributed by atoms with Crippen molar-refractivity contribution in [2.24, 2.45) is 0 Å². The average molecular weight is 186 g/mol. The molecule has 0 N–H and O–H groups in total. The zero-order valence-electron chi connectivity index (χ0n) is 7.05. The van der Waals surface area contributed by atoms with Gasteiger partial charge in [0.1, 0.15) is 6.61 Å². The number of rotatable bonds is 3. The van der Waals surface area contributed by atoms with Crippen molar-refractivity contribution < 1.29 is 14.2 Å². The van der Waals surface area contributed by atoms with E-state index in [0.29, 0.717) is 12.6 Å². The van der Waals surface area contributed by atoms with E-state index in [1.165, 1.54) is 0 Å². The molecule has 1 unspecified atom stereocenters. The SMILES string of the molecule is F.c1cnc(OCC2CCO2)nc1. The van der Waals surface area contributed by atoms with Crippen LogP contribution in [0, 0.1) is 0 Å². The van der Waals surface area contributed by atoms with Gasteiger partial charge in [0.25, 0.3) is 0 Å². The van der Waals surface area contributed by atoms with Crippen LogP contribution >= 0.6 is 0 Å². The smallest absolute Gasteiger partial charge is 0.316 e. The highest BCUT2D eigenvalue weighted by molar-refractivity contribution is 4.93. The maximum atomic E-state index is 5.26. The third-order valence-corrected chi connectivity index (χ3v) is 1.73. The van der Waals surface area contributed by atoms with Gasteiger partial charge in [-0.3, -0.25) is 4.70 Å². The molecule has 4 nitrogen and oxygen atoms in total. The second kappa shape index (κ2) is 4.71. The van der Waals surface area contributed by atoms with Gasteiger partial charge in [-0.15, -0.1) is 0 Å². The van der Waals surface area contributed by atoms with Crippen LogP contribution in [0.25, 0.3) is 0 Å². The molecule has 0 aliphatic carbocycles. The molecule has 72 valence electrons. The van der Waals surface area contributed by atoms with Gasteiger partial charge < -0.3 is 9.47 Å². The first kappa shape index (κ1) is 9.85. The van der Waals surface area contributed by atoms with Gasteiger partial charge >= 0.3 is 6.01 Å². The molecule has 1 atom stereocenters. The second-order valence-electron chi connectivity index (χ2n) is 2.62. The predicted octanol–water partition coefficient (Wildman–Crippen LogP) is 0.797. The Kier molecular flexibility index (Phi) is 3.57. The molecule has 0 spiro atoms. The van der Waals surface area contributed by atoms with Gasteiger partial charge in [0.2, 0.25) is 0 Å². The molecule has 1 aromatic rings. The van der Waals surface area contributed by atoms with Crippen molar-refractivity contribution in [3.05, 3.63) is 18.5 Å². The average Bonchev–Trinajstić information content (AvgIpc) is 2.04. The molecule has 0 aromatic carbocycles. The van der Waals surface area contributed by atoms with Crippen LogP contribution in [0.1, 0.15) is 6.42 Å². The van der Waals surface area contributed by atoms with E-state index < -0.39 is 0 Å². The van der Waals surface area contributed by atoms with Crippen LogP contribution in [-0.4, -0.2) is 29.3 Å². The summed E-state index contributed by atoms with van der Waals surface area (Å²) in [6, 6.07) is 2.18. The molecule has 0 amide bonds. The number of halogens is 1. The van der Waals surface area contributed by atoms with Gasteiger partial charge in [0.05, 0.1) is 6.10 Å². The first-order chi connectivity index (χ1) is 5.95. The fraction of sp³-hybridized carbons (Fsp3) is 0.500. The maximum absolute atomic E-state index is 5.26. The largest absolute Gasteiger partial charge is 0.461 e. The van der Waals surface area contributed by atoms with Gasteiger partial charge in [-0.25, -0.2) is 9.97 Å². The summed E-state index contributed by atoms with van der Waals surface area (Å²) in [6.07, 6.45) is 4.63. The monoisotopic (exact) mass is 186 g/mol. The van der Waals surface area contributed by atoms with Crippen molar-refractivity contribution in [2.45, 2.75) is 12.5 Å². The number of nitrogens with zero attached hydrogens (tertiary/aromatic N) is 2. The van der Waals surface area contributed by atoms with E-state index in [2.05, 4.69) is 9.97 Å². The Bertz CT molecular complexity index is 241. The molecule has 1 saturated heterocycles. The fourth-order valence-electron chi connectivity index (χ4n) is 0.943. The van der Waals surface area contributed by atoms with E-state index in [1.807, 2.05) is 0 Å². The van der Waals surface area contributed by atoms with Crippen LogP contribution in [0.5, 0.6) is 6.01 Å². The van der Waals surface area contributed by atoms with E-state index in [4.69, 9.17) is 9.47 Å². The maximum Gasteiger partial charge on any atom is 0.316 e. The minimum atomic E-state index is 0. The molecule has 1 aromatic heterocycles. The summed E-state index contributed by atoms with van der Waals surface area (Å²) in [5, 5.41) is 0. The van der Waals surface area contributed by atoms with Crippen LogP contribution in [0.4, 0.5) is 4.70 Å². The molecule has 13 heavy (non-hydrogen) atoms. The fourth-order valence-corrected chi connectivity index (χ4v) is 0.943. The first-order valence-electron chi connectivity index (χ1n) is 3.96. The number of ether oxygens (including phenoxy) is 2. The van der Waals surface area contributed by atoms with Crippen LogP contribution in [0.15, 0.2) is 18.5 Å². The van der Waals surface area contributed by atoms with E-state index in [-0.39, 0.29) is 10.8 Å². The van der Waals surface area contributed by atoms with Crippen molar-refractivity contribution >= 4 is 0 Å². The quantitative estimate of drug-likeness (QED) is 0.700. The normalized spacial score (nSPS) is 19.8. The predicted molar refractivity (Wildman–Crippen MR) is 44.4 cm³/mol. The van der Waals surface area contributed by atoms with E-state index in [9.17, 15) is 0 Å². The molecular formula is C8H11FN2O2. The van der Waals surface area contributed by atoms with Gasteiger partial charge in [-0.1, -0.05) is 0 Å². The Labute approximate surface area is 75.3 Å². The van der Waals surface area contributed by atoms with Crippen molar-refractivity contribution in [1.82, 2.24) is 9.97 Å². The van der Waals surface area contributed by atoms with Crippen LogP contribution < -0.4 is 4.74 Å². The minimum absolute atomic E-state index is 0. The van der Waals surface area contributed by atoms with Crippen molar-refractivity contribution in [2.75, 3.05) is 13.2 Å². The highest BCUT2D eigenvalue weighted by atomic mass is 19.0. The molecule has 5 heteroatoms. The standard InChI is InChI=1S/C8H10N2O2.FH/c1-3-9-8(10-4-1)12-6-7-2-5-11-7;/h1,3-4,7H,2,5-6H2;1H. The molecule has 1 aliphatic heterocycles. The number of hydrogen-bond acceptors (Lipinski definition) is 4. The Morgan fingerprint density at radius 2 is 2.15 bits per heavy atom. The second-order valence-corrected chi connectivity index (χ2v) is 2.62. The minimum Gasteiger partial charge on any atom is -0.461 e. The lowest BCUT2D eigenvalue weighted by Gasteiger charge is -2.25. The first-order valence-corrected chi connectivity index (χ1v) is 3.96. The lowest BCUT2D eigenvalue weighted by molar-refractivity contribution is -0.0734. The van der Waals surface area contributed by atoms with Gasteiger partial charge in [-0.05, 0) is 6.07 Å². The zero-order valence-corrected chi connectivity index (χ0v) is 7.05. The zero-order chi connectivity index (χ0) is 8.23. The van der Waals surface area contributed by atoms with Gasteiger partial charge in [0.15, 0.2) is 0 Å². The molecule has 1 fully saturated rings. The summed E-state index contributed by atoms with van der Waals surface area (Å²) < 4.78 is 10.4. The third-order valence-electron chi connectivity index (χ3n) is 1.73. The van der Waals surface area contributed by atoms with Crippen molar-refractivity contribution in [1.29, 1.82) is 0 Å². The summed E-state index contributed by atoms with van der Waals surface area (Å²) >= 11 is 0. The summed E-state index contributed by atoms with van der Waals surface area (Å²) in [7, 11) is 0. The van der Waals surface area contributed by atoms with E-state index in [0.717, 1.165) is 13.0 Å². The molecule has 0 bridgehead atoms. The molecule has 1 aliphatic rings. The van der Waals surface area contributed by atoms with Crippen molar-refractivity contribution in [3.8, 4) is 6.01 Å². The number of aromatic nitrogens is 2. The summed E-state index contributed by atoms with van der Waals surface area (Å²) in [5.41, 5.74) is 0. The molecular weight excluding hydrogens is 175 g/mol. The lowest BCUT2D eigenvalue weighted by Crippen LogP contribution is -2.32. The highest BCUT2D eigenvalue weighted by Gasteiger charge is 2.18. The number of hydrogen-bond donors (Lipinski definition) is 0. The lowest BCUT2D eigenvalue weighted by atomic mass is 10.2. The van der Waals surface area contributed by atoms with Crippen LogP contribution in [-0.2, 0) is 4.74 Å². The molecule has 2 rings (SSSR count). The molecule has 2 heterocycles. The topological polar surface area (TPSA) is 44.2 Å². The summed E-state index contributed by atoms with van der Waals surface area (Å²) in [5.74, 6) is 0.